The predicted molar refractivity (Wildman–Crippen MR) is 65.0 cm³/mol. The molecule has 0 unspecified atom stereocenters. The Hall–Kier alpha value is 1.07. The molecule has 0 rings (SSSR count). The SMILES string of the molecule is CCN(CC)CCN(CC)C(=S)[S-].[Na+]. The maximum atomic E-state index is 4.96. The third kappa shape index (κ3) is 7.37. The van der Waals surface area contributed by atoms with E-state index in [1.54, 1.807) is 0 Å². The molecule has 0 bridgehead atoms. The van der Waals surface area contributed by atoms with Crippen molar-refractivity contribution in [2.75, 3.05) is 32.7 Å². The van der Waals surface area contributed by atoms with Crippen LogP contribution in [0.25, 0.3) is 0 Å². The van der Waals surface area contributed by atoms with Crippen LogP contribution in [0.1, 0.15) is 20.8 Å². The fourth-order valence-corrected chi connectivity index (χ4v) is 1.62. The van der Waals surface area contributed by atoms with Gasteiger partial charge in [-0.3, -0.25) is 0 Å². The van der Waals surface area contributed by atoms with Gasteiger partial charge in [0.25, 0.3) is 0 Å². The molecule has 0 aliphatic carbocycles. The molecule has 0 heterocycles. The van der Waals surface area contributed by atoms with Crippen LogP contribution >= 0.6 is 12.2 Å². The first kappa shape index (κ1) is 17.5. The molecular weight excluding hydrogens is 223 g/mol. The number of rotatable bonds is 6. The van der Waals surface area contributed by atoms with Gasteiger partial charge in [-0.25, -0.2) is 0 Å². The summed E-state index contributed by atoms with van der Waals surface area (Å²) < 4.78 is 0.592. The smallest absolute Gasteiger partial charge is 0.411 e. The molecule has 0 aliphatic rings. The van der Waals surface area contributed by atoms with Crippen LogP contribution in [0.5, 0.6) is 0 Å². The van der Waals surface area contributed by atoms with Crippen molar-refractivity contribution < 1.29 is 29.6 Å². The Bertz CT molecular complexity index is 152. The fourth-order valence-electron chi connectivity index (χ4n) is 1.18. The number of likely N-dealkylation sites (N-methyl/N-ethyl adjacent to an activating group) is 2. The fraction of sp³-hybridized carbons (Fsp3) is 0.889. The van der Waals surface area contributed by atoms with E-state index < -0.39 is 0 Å². The minimum atomic E-state index is 0. The molecule has 0 aromatic carbocycles. The molecule has 0 amide bonds. The summed E-state index contributed by atoms with van der Waals surface area (Å²) in [5, 5.41) is 0. The minimum Gasteiger partial charge on any atom is -0.411 e. The van der Waals surface area contributed by atoms with Crippen molar-refractivity contribution in [1.29, 1.82) is 0 Å². The van der Waals surface area contributed by atoms with Crippen molar-refractivity contribution in [3.05, 3.63) is 0 Å². The van der Waals surface area contributed by atoms with E-state index >= 15 is 0 Å². The van der Waals surface area contributed by atoms with Gasteiger partial charge in [0.1, 0.15) is 0 Å². The van der Waals surface area contributed by atoms with Gasteiger partial charge in [0.15, 0.2) is 0 Å². The summed E-state index contributed by atoms with van der Waals surface area (Å²) in [4.78, 5) is 4.43. The zero-order valence-electron chi connectivity index (χ0n) is 9.75. The third-order valence-corrected chi connectivity index (χ3v) is 2.74. The normalized spacial score (nSPS) is 9.71. The van der Waals surface area contributed by atoms with Crippen LogP contribution in [-0.4, -0.2) is 46.8 Å². The monoisotopic (exact) mass is 242 g/mol. The van der Waals surface area contributed by atoms with Crippen molar-refractivity contribution in [1.82, 2.24) is 9.80 Å². The van der Waals surface area contributed by atoms with Gasteiger partial charge in [-0.05, 0) is 20.0 Å². The second-order valence-corrected chi connectivity index (χ2v) is 3.90. The molecule has 0 aliphatic heterocycles. The zero-order chi connectivity index (χ0) is 10.3. The standard InChI is InChI=1S/C9H20N2S2.Na/c1-4-10(5-2)7-8-11(6-3)9(12)13;/h4-8H2,1-3H3,(H,12,13);/q;+1/p-1. The van der Waals surface area contributed by atoms with Crippen molar-refractivity contribution in [2.24, 2.45) is 0 Å². The predicted octanol–water partition coefficient (Wildman–Crippen LogP) is -1.51. The molecule has 0 spiro atoms. The molecule has 5 heteroatoms. The van der Waals surface area contributed by atoms with E-state index in [1.807, 2.05) is 0 Å². The first-order valence-electron chi connectivity index (χ1n) is 4.83. The molecule has 0 atom stereocenters. The van der Waals surface area contributed by atoms with Crippen molar-refractivity contribution in [3.63, 3.8) is 0 Å². The second kappa shape index (κ2) is 10.6. The van der Waals surface area contributed by atoms with Crippen LogP contribution in [-0.2, 0) is 12.6 Å². The number of nitrogens with zero attached hydrogens (tertiary/aromatic N) is 2. The number of hydrogen-bond acceptors (Lipinski definition) is 3. The van der Waals surface area contributed by atoms with E-state index in [0.29, 0.717) is 4.32 Å². The van der Waals surface area contributed by atoms with Crippen LogP contribution in [0.15, 0.2) is 0 Å². The van der Waals surface area contributed by atoms with E-state index in [4.69, 9.17) is 24.8 Å². The van der Waals surface area contributed by atoms with Crippen molar-refractivity contribution in [2.45, 2.75) is 20.8 Å². The molecule has 0 N–H and O–H groups in total. The molecule has 0 radical (unpaired) electrons. The van der Waals surface area contributed by atoms with Crippen LogP contribution in [0, 0.1) is 0 Å². The van der Waals surface area contributed by atoms with Gasteiger partial charge in [-0.15, -0.1) is 0 Å². The summed E-state index contributed by atoms with van der Waals surface area (Å²) in [5.74, 6) is 0. The largest absolute Gasteiger partial charge is 1.00 e. The Morgan fingerprint density at radius 1 is 1.07 bits per heavy atom. The Morgan fingerprint density at radius 3 is 1.86 bits per heavy atom. The van der Waals surface area contributed by atoms with Crippen molar-refractivity contribution >= 4 is 29.2 Å². The van der Waals surface area contributed by atoms with E-state index in [9.17, 15) is 0 Å². The first-order valence-corrected chi connectivity index (χ1v) is 5.65. The van der Waals surface area contributed by atoms with Gasteiger partial charge < -0.3 is 34.6 Å². The van der Waals surface area contributed by atoms with Gasteiger partial charge in [0.05, 0.1) is 0 Å². The second-order valence-electron chi connectivity index (χ2n) is 2.87. The Morgan fingerprint density at radius 2 is 1.57 bits per heavy atom. The molecule has 14 heavy (non-hydrogen) atoms. The van der Waals surface area contributed by atoms with E-state index in [0.717, 1.165) is 32.7 Å². The summed E-state index contributed by atoms with van der Waals surface area (Å²) >= 11 is 9.93. The van der Waals surface area contributed by atoms with Gasteiger partial charge >= 0.3 is 29.6 Å². The maximum Gasteiger partial charge on any atom is 1.00 e. The Kier molecular flexibility index (Phi) is 13.2. The Balaban J connectivity index is 0. The van der Waals surface area contributed by atoms with Gasteiger partial charge in [-0.2, -0.15) is 0 Å². The molecular formula is C9H19N2NaS2. The topological polar surface area (TPSA) is 6.48 Å². The van der Waals surface area contributed by atoms with Gasteiger partial charge in [0.2, 0.25) is 0 Å². The minimum absolute atomic E-state index is 0. The van der Waals surface area contributed by atoms with Crippen molar-refractivity contribution in [3.8, 4) is 0 Å². The van der Waals surface area contributed by atoms with Crippen LogP contribution in [0.2, 0.25) is 0 Å². The van der Waals surface area contributed by atoms with E-state index in [1.165, 1.54) is 0 Å². The van der Waals surface area contributed by atoms with Gasteiger partial charge in [0, 0.05) is 19.6 Å². The van der Waals surface area contributed by atoms with E-state index in [-0.39, 0.29) is 29.6 Å². The summed E-state index contributed by atoms with van der Waals surface area (Å²) in [6.07, 6.45) is 0. The molecule has 0 saturated heterocycles. The first-order chi connectivity index (χ1) is 6.15. The molecule has 0 aromatic rings. The Labute approximate surface area is 121 Å². The number of hydrogen-bond donors (Lipinski definition) is 0. The summed E-state index contributed by atoms with van der Waals surface area (Å²) in [6, 6.07) is 0. The summed E-state index contributed by atoms with van der Waals surface area (Å²) in [6.45, 7) is 11.6. The average molecular weight is 242 g/mol. The summed E-state index contributed by atoms with van der Waals surface area (Å²) in [7, 11) is 0. The van der Waals surface area contributed by atoms with Crippen LogP contribution in [0.3, 0.4) is 0 Å². The zero-order valence-corrected chi connectivity index (χ0v) is 13.4. The molecule has 78 valence electrons. The summed E-state index contributed by atoms with van der Waals surface area (Å²) in [5.41, 5.74) is 0. The average Bonchev–Trinajstić information content (AvgIpc) is 2.12. The van der Waals surface area contributed by atoms with Crippen LogP contribution in [0.4, 0.5) is 0 Å². The van der Waals surface area contributed by atoms with Crippen LogP contribution < -0.4 is 29.6 Å². The molecule has 0 aromatic heterocycles. The molecule has 2 nitrogen and oxygen atoms in total. The van der Waals surface area contributed by atoms with Gasteiger partial charge in [-0.1, -0.05) is 18.2 Å². The molecule has 0 fully saturated rings. The third-order valence-electron chi connectivity index (χ3n) is 2.22. The molecule has 0 saturated carbocycles. The maximum absolute atomic E-state index is 4.96. The van der Waals surface area contributed by atoms with E-state index in [2.05, 4.69) is 30.6 Å². The quantitative estimate of drug-likeness (QED) is 0.317. The number of thiocarbonyl (C=S) groups is 1.